The average Bonchev–Trinajstić information content (AvgIpc) is 3.23. The van der Waals surface area contributed by atoms with Crippen molar-refractivity contribution in [2.24, 2.45) is 0 Å². The maximum atomic E-state index is 12.8. The van der Waals surface area contributed by atoms with Gasteiger partial charge in [0, 0.05) is 12.8 Å². The molecule has 0 heterocycles. The number of esters is 2. The number of unbranched alkanes of at least 4 members (excludes halogenated alkanes) is 24. The molecule has 0 bridgehead atoms. The molecule has 1 N–H and O–H groups in total. The fourth-order valence-corrected chi connectivity index (χ4v) is 7.63. The van der Waals surface area contributed by atoms with Crippen molar-refractivity contribution >= 4 is 19.8 Å². The van der Waals surface area contributed by atoms with Gasteiger partial charge in [-0.2, -0.15) is 0 Å². The van der Waals surface area contributed by atoms with Crippen LogP contribution in [0.25, 0.3) is 0 Å². The van der Waals surface area contributed by atoms with E-state index in [0.29, 0.717) is 23.9 Å². The summed E-state index contributed by atoms with van der Waals surface area (Å²) in [4.78, 5) is 35.5. The molecular formula is C52H97NO8P+. The van der Waals surface area contributed by atoms with Gasteiger partial charge in [0.1, 0.15) is 19.8 Å². The highest BCUT2D eigenvalue weighted by Crippen LogP contribution is 2.43. The van der Waals surface area contributed by atoms with Crippen molar-refractivity contribution < 1.29 is 42.1 Å². The van der Waals surface area contributed by atoms with E-state index in [2.05, 4.69) is 62.5 Å². The maximum Gasteiger partial charge on any atom is 0.472 e. The molecule has 10 heteroatoms. The first-order valence-electron chi connectivity index (χ1n) is 25.4. The van der Waals surface area contributed by atoms with Crippen molar-refractivity contribution in [3.05, 3.63) is 48.6 Å². The second-order valence-electron chi connectivity index (χ2n) is 18.2. The van der Waals surface area contributed by atoms with Crippen LogP contribution in [0.3, 0.4) is 0 Å². The Morgan fingerprint density at radius 2 is 0.887 bits per heavy atom. The molecule has 0 aromatic heterocycles. The van der Waals surface area contributed by atoms with E-state index in [4.69, 9.17) is 18.5 Å². The molecule has 362 valence electrons. The Morgan fingerprint density at radius 3 is 1.34 bits per heavy atom. The summed E-state index contributed by atoms with van der Waals surface area (Å²) in [5.74, 6) is -0.857. The third kappa shape index (κ3) is 47.4. The zero-order valence-corrected chi connectivity index (χ0v) is 41.7. The Bertz CT molecular complexity index is 1190. The zero-order chi connectivity index (χ0) is 45.7. The lowest BCUT2D eigenvalue weighted by molar-refractivity contribution is -0.870. The number of hydrogen-bond acceptors (Lipinski definition) is 7. The molecule has 0 rings (SSSR count). The van der Waals surface area contributed by atoms with Crippen molar-refractivity contribution in [1.82, 2.24) is 0 Å². The molecule has 0 aliphatic heterocycles. The summed E-state index contributed by atoms with van der Waals surface area (Å²) in [5, 5.41) is 0. The quantitative estimate of drug-likeness (QED) is 0.0212. The van der Waals surface area contributed by atoms with Crippen LogP contribution in [0.5, 0.6) is 0 Å². The number of likely N-dealkylation sites (N-methyl/N-ethyl adjacent to an activating group) is 1. The van der Waals surface area contributed by atoms with Crippen LogP contribution in [0.15, 0.2) is 48.6 Å². The lowest BCUT2D eigenvalue weighted by Crippen LogP contribution is -2.37. The van der Waals surface area contributed by atoms with Crippen LogP contribution in [0.4, 0.5) is 0 Å². The van der Waals surface area contributed by atoms with E-state index >= 15 is 0 Å². The van der Waals surface area contributed by atoms with Gasteiger partial charge in [0.25, 0.3) is 0 Å². The van der Waals surface area contributed by atoms with Crippen LogP contribution in [0.2, 0.25) is 0 Å². The smallest absolute Gasteiger partial charge is 0.462 e. The first-order chi connectivity index (χ1) is 30.0. The van der Waals surface area contributed by atoms with Gasteiger partial charge in [-0.1, -0.05) is 204 Å². The van der Waals surface area contributed by atoms with Crippen molar-refractivity contribution in [1.29, 1.82) is 0 Å². The Labute approximate surface area is 382 Å². The maximum absolute atomic E-state index is 12.8. The second-order valence-corrected chi connectivity index (χ2v) is 19.7. The highest BCUT2D eigenvalue weighted by Gasteiger charge is 2.27. The molecule has 0 aliphatic carbocycles. The first-order valence-corrected chi connectivity index (χ1v) is 26.9. The number of hydrogen-bond donors (Lipinski definition) is 1. The number of allylic oxidation sites excluding steroid dienone is 8. The number of carbonyl (C=O) groups is 2. The van der Waals surface area contributed by atoms with Gasteiger partial charge in [-0.25, -0.2) is 4.57 Å². The van der Waals surface area contributed by atoms with Gasteiger partial charge in [-0.05, 0) is 51.4 Å². The first kappa shape index (κ1) is 60.0. The normalized spacial score (nSPS) is 13.8. The van der Waals surface area contributed by atoms with Gasteiger partial charge in [-0.3, -0.25) is 18.6 Å². The molecule has 0 fully saturated rings. The standard InChI is InChI=1S/C52H96NO8P/c1-6-8-10-12-14-16-18-20-22-24-25-26-27-29-31-33-35-37-39-41-43-45-52(55)61-50(49-60-62(56,57)59-47-46-53(3,4)5)48-58-51(54)44-42-40-38-36-34-32-30-28-23-21-19-17-15-13-11-9-7-2/h15,17,21,23,30,32,36,38,50H,6-14,16,18-20,22,24-29,31,33-35,37,39-49H2,1-5H3/p+1/b17-15-,23-21-,32-30-,38-36-. The van der Waals surface area contributed by atoms with E-state index in [0.717, 1.165) is 38.5 Å². The number of carbonyl (C=O) groups excluding carboxylic acids is 2. The fraction of sp³-hybridized carbons (Fsp3) is 0.808. The Hall–Kier alpha value is -2.03. The third-order valence-corrected chi connectivity index (χ3v) is 11.8. The summed E-state index contributed by atoms with van der Waals surface area (Å²) in [6, 6.07) is 0. The van der Waals surface area contributed by atoms with E-state index in [1.807, 2.05) is 21.1 Å². The van der Waals surface area contributed by atoms with Crippen LogP contribution in [-0.4, -0.2) is 74.9 Å². The Balaban J connectivity index is 4.31. The molecule has 0 spiro atoms. The summed E-state index contributed by atoms with van der Waals surface area (Å²) in [6.07, 6.45) is 53.2. The van der Waals surface area contributed by atoms with Gasteiger partial charge in [-0.15, -0.1) is 0 Å². The SMILES string of the molecule is CCCCC/C=C\C/C=C\C/C=C\C/C=C\CCCC(=O)OCC(COP(=O)(O)OCC[N+](C)(C)C)OC(=O)CCCCCCCCCCCCCCCCCCCCCCC. The average molecular weight is 895 g/mol. The molecule has 62 heavy (non-hydrogen) atoms. The van der Waals surface area contributed by atoms with Gasteiger partial charge in [0.15, 0.2) is 6.10 Å². The number of quaternary nitrogens is 1. The second kappa shape index (κ2) is 44.2. The summed E-state index contributed by atoms with van der Waals surface area (Å²) in [5.41, 5.74) is 0. The summed E-state index contributed by atoms with van der Waals surface area (Å²) in [6.45, 7) is 4.36. The molecule has 0 aliphatic rings. The van der Waals surface area contributed by atoms with E-state index in [-0.39, 0.29) is 26.1 Å². The summed E-state index contributed by atoms with van der Waals surface area (Å²) in [7, 11) is 1.45. The van der Waals surface area contributed by atoms with Gasteiger partial charge in [0.2, 0.25) is 0 Å². The number of phosphoric acid groups is 1. The van der Waals surface area contributed by atoms with Crippen LogP contribution in [0.1, 0.15) is 219 Å². The summed E-state index contributed by atoms with van der Waals surface area (Å²) < 4.78 is 34.4. The van der Waals surface area contributed by atoms with Gasteiger partial charge < -0.3 is 18.9 Å². The molecule has 0 saturated carbocycles. The van der Waals surface area contributed by atoms with Crippen molar-refractivity contribution in [3.8, 4) is 0 Å². The monoisotopic (exact) mass is 895 g/mol. The predicted molar refractivity (Wildman–Crippen MR) is 261 cm³/mol. The molecule has 0 aromatic carbocycles. The Kier molecular flexibility index (Phi) is 42.7. The molecule has 9 nitrogen and oxygen atoms in total. The van der Waals surface area contributed by atoms with E-state index in [1.165, 1.54) is 141 Å². The largest absolute Gasteiger partial charge is 0.472 e. The number of ether oxygens (including phenoxy) is 2. The van der Waals surface area contributed by atoms with Crippen molar-refractivity contribution in [2.45, 2.75) is 225 Å². The molecule has 0 amide bonds. The number of rotatable bonds is 46. The van der Waals surface area contributed by atoms with E-state index in [1.54, 1.807) is 0 Å². The van der Waals surface area contributed by atoms with E-state index in [9.17, 15) is 19.0 Å². The lowest BCUT2D eigenvalue weighted by Gasteiger charge is -2.24. The molecule has 2 atom stereocenters. The third-order valence-electron chi connectivity index (χ3n) is 10.9. The zero-order valence-electron chi connectivity index (χ0n) is 40.9. The molecule has 0 aromatic rings. The highest BCUT2D eigenvalue weighted by molar-refractivity contribution is 7.47. The molecule has 2 unspecified atom stereocenters. The number of nitrogens with zero attached hydrogens (tertiary/aromatic N) is 1. The number of phosphoric ester groups is 1. The lowest BCUT2D eigenvalue weighted by atomic mass is 10.0. The molecule has 0 radical (unpaired) electrons. The Morgan fingerprint density at radius 1 is 0.500 bits per heavy atom. The topological polar surface area (TPSA) is 108 Å². The minimum Gasteiger partial charge on any atom is -0.462 e. The fourth-order valence-electron chi connectivity index (χ4n) is 6.89. The minimum absolute atomic E-state index is 0.0234. The van der Waals surface area contributed by atoms with Crippen LogP contribution >= 0.6 is 7.82 Å². The molecular weight excluding hydrogens is 798 g/mol. The van der Waals surface area contributed by atoms with Crippen LogP contribution < -0.4 is 0 Å². The van der Waals surface area contributed by atoms with Crippen molar-refractivity contribution in [2.75, 3.05) is 47.5 Å². The van der Waals surface area contributed by atoms with E-state index < -0.39 is 32.5 Å². The summed E-state index contributed by atoms with van der Waals surface area (Å²) >= 11 is 0. The van der Waals surface area contributed by atoms with Gasteiger partial charge in [0.05, 0.1) is 27.7 Å². The van der Waals surface area contributed by atoms with Crippen LogP contribution in [-0.2, 0) is 32.7 Å². The van der Waals surface area contributed by atoms with Crippen molar-refractivity contribution in [3.63, 3.8) is 0 Å². The van der Waals surface area contributed by atoms with Crippen LogP contribution in [0, 0.1) is 0 Å². The highest BCUT2D eigenvalue weighted by atomic mass is 31.2. The predicted octanol–water partition coefficient (Wildman–Crippen LogP) is 15.0. The minimum atomic E-state index is -4.39. The molecule has 0 saturated heterocycles. The van der Waals surface area contributed by atoms with Gasteiger partial charge >= 0.3 is 19.8 Å².